The zero-order valence-corrected chi connectivity index (χ0v) is 15.1. The molecule has 0 saturated carbocycles. The maximum absolute atomic E-state index is 11.6. The van der Waals surface area contributed by atoms with E-state index in [2.05, 4.69) is 20.3 Å². The Morgan fingerprint density at radius 1 is 1.23 bits per heavy atom. The Labute approximate surface area is 154 Å². The molecule has 9 heteroatoms. The van der Waals surface area contributed by atoms with E-state index in [0.29, 0.717) is 12.4 Å². The van der Waals surface area contributed by atoms with Crippen molar-refractivity contribution >= 4 is 38.2 Å². The summed E-state index contributed by atoms with van der Waals surface area (Å²) in [5.41, 5.74) is 2.65. The quantitative estimate of drug-likeness (QED) is 0.489. The number of nitrogens with two attached hydrogens (primary N) is 1. The third-order valence-electron chi connectivity index (χ3n) is 3.85. The van der Waals surface area contributed by atoms with Gasteiger partial charge in [0.25, 0.3) is 0 Å². The largest absolute Gasteiger partial charge is 0.366 e. The first kappa shape index (κ1) is 16.7. The Morgan fingerprint density at radius 2 is 2.12 bits per heavy atom. The number of anilines is 1. The zero-order valence-electron chi connectivity index (χ0n) is 13.5. The number of sulfonamides is 1. The van der Waals surface area contributed by atoms with E-state index >= 15 is 0 Å². The fourth-order valence-electron chi connectivity index (χ4n) is 2.65. The van der Waals surface area contributed by atoms with E-state index in [1.165, 1.54) is 6.07 Å². The van der Waals surface area contributed by atoms with Crippen molar-refractivity contribution in [3.05, 3.63) is 60.6 Å². The minimum atomic E-state index is -3.71. The lowest BCUT2D eigenvalue weighted by Gasteiger charge is -2.08. The predicted molar refractivity (Wildman–Crippen MR) is 102 cm³/mol. The lowest BCUT2D eigenvalue weighted by Crippen LogP contribution is -2.09. The van der Waals surface area contributed by atoms with Gasteiger partial charge in [-0.05, 0) is 35.9 Å². The summed E-state index contributed by atoms with van der Waals surface area (Å²) in [5.74, 6) is 0.685. The number of hydrogen-bond acceptors (Lipinski definition) is 6. The van der Waals surface area contributed by atoms with Crippen molar-refractivity contribution in [2.75, 3.05) is 5.32 Å². The van der Waals surface area contributed by atoms with Gasteiger partial charge >= 0.3 is 0 Å². The van der Waals surface area contributed by atoms with Gasteiger partial charge in [-0.1, -0.05) is 6.07 Å². The molecule has 0 spiro atoms. The van der Waals surface area contributed by atoms with Gasteiger partial charge in [0, 0.05) is 41.0 Å². The summed E-state index contributed by atoms with van der Waals surface area (Å²) in [7, 11) is -3.71. The minimum Gasteiger partial charge on any atom is -0.366 e. The fourth-order valence-corrected chi connectivity index (χ4v) is 4.40. The molecular weight excluding hydrogens is 370 g/mol. The van der Waals surface area contributed by atoms with Crippen LogP contribution in [0.2, 0.25) is 0 Å². The van der Waals surface area contributed by atoms with Crippen molar-refractivity contribution in [1.29, 1.82) is 0 Å². The van der Waals surface area contributed by atoms with Crippen LogP contribution in [0.3, 0.4) is 0 Å². The van der Waals surface area contributed by atoms with E-state index in [1.54, 1.807) is 24.7 Å². The van der Waals surface area contributed by atoms with Crippen molar-refractivity contribution in [3.8, 4) is 10.4 Å². The summed E-state index contributed by atoms with van der Waals surface area (Å²) in [5, 5.41) is 9.43. The zero-order chi connectivity index (χ0) is 18.1. The number of pyridine rings is 2. The molecule has 4 aromatic rings. The molecule has 4 rings (SSSR count). The molecule has 0 amide bonds. The molecule has 26 heavy (non-hydrogen) atoms. The van der Waals surface area contributed by atoms with Crippen LogP contribution in [-0.4, -0.2) is 23.4 Å². The number of rotatable bonds is 5. The molecule has 0 aliphatic heterocycles. The van der Waals surface area contributed by atoms with Gasteiger partial charge in [0.15, 0.2) is 0 Å². The summed E-state index contributed by atoms with van der Waals surface area (Å²) in [6.07, 6.45) is 5.32. The topological polar surface area (TPSA) is 114 Å². The highest BCUT2D eigenvalue weighted by Crippen LogP contribution is 2.35. The van der Waals surface area contributed by atoms with E-state index in [4.69, 9.17) is 5.14 Å². The first-order valence-electron chi connectivity index (χ1n) is 7.74. The molecule has 0 unspecified atom stereocenters. The molecule has 4 N–H and O–H groups in total. The van der Waals surface area contributed by atoms with Crippen LogP contribution >= 0.6 is 11.3 Å². The number of aromatic amines is 1. The van der Waals surface area contributed by atoms with Crippen LogP contribution < -0.4 is 10.5 Å². The molecule has 0 radical (unpaired) electrons. The number of nitrogens with zero attached hydrogens (tertiary/aromatic N) is 2. The lowest BCUT2D eigenvalue weighted by molar-refractivity contribution is 0.600. The average molecular weight is 385 g/mol. The molecule has 0 aliphatic rings. The van der Waals surface area contributed by atoms with Crippen LogP contribution in [0.15, 0.2) is 59.2 Å². The van der Waals surface area contributed by atoms with Gasteiger partial charge in [-0.15, -0.1) is 11.3 Å². The SMILES string of the molecule is NS(=O)(=O)c1ccc(-c2cc(NCc3cccnc3)nc3[nH]ccc23)s1. The van der Waals surface area contributed by atoms with Gasteiger partial charge in [-0.25, -0.2) is 18.5 Å². The second kappa shape index (κ2) is 6.52. The second-order valence-corrected chi connectivity index (χ2v) is 8.55. The Morgan fingerprint density at radius 3 is 2.85 bits per heavy atom. The van der Waals surface area contributed by atoms with Crippen molar-refractivity contribution in [2.45, 2.75) is 10.8 Å². The van der Waals surface area contributed by atoms with Gasteiger partial charge < -0.3 is 10.3 Å². The number of thiophene rings is 1. The summed E-state index contributed by atoms with van der Waals surface area (Å²) in [6, 6.07) is 11.0. The summed E-state index contributed by atoms with van der Waals surface area (Å²) in [4.78, 5) is 12.6. The van der Waals surface area contributed by atoms with Crippen molar-refractivity contribution in [2.24, 2.45) is 5.14 Å². The molecule has 0 aromatic carbocycles. The molecule has 4 aromatic heterocycles. The second-order valence-electron chi connectivity index (χ2n) is 5.67. The Hall–Kier alpha value is -2.75. The maximum atomic E-state index is 11.6. The van der Waals surface area contributed by atoms with Gasteiger partial charge in [-0.3, -0.25) is 4.98 Å². The van der Waals surface area contributed by atoms with E-state index in [0.717, 1.165) is 38.4 Å². The van der Waals surface area contributed by atoms with E-state index in [1.807, 2.05) is 24.3 Å². The third kappa shape index (κ3) is 3.32. The van der Waals surface area contributed by atoms with Crippen LogP contribution in [0.1, 0.15) is 5.56 Å². The highest BCUT2D eigenvalue weighted by Gasteiger charge is 2.15. The number of H-pyrrole nitrogens is 1. The highest BCUT2D eigenvalue weighted by atomic mass is 32.2. The third-order valence-corrected chi connectivity index (χ3v) is 6.41. The Kier molecular flexibility index (Phi) is 4.19. The number of hydrogen-bond donors (Lipinski definition) is 3. The van der Waals surface area contributed by atoms with Gasteiger partial charge in [0.05, 0.1) is 0 Å². The number of primary sulfonamides is 1. The monoisotopic (exact) mass is 385 g/mol. The fraction of sp³-hybridized carbons (Fsp3) is 0.0588. The van der Waals surface area contributed by atoms with Crippen molar-refractivity contribution < 1.29 is 8.42 Å². The standard InChI is InChI=1S/C17H15N5O2S2/c18-26(23,24)16-4-3-14(25-16)13-8-15(22-17-12(13)5-7-20-17)21-10-11-2-1-6-19-9-11/h1-9H,10H2,(H2,18,23,24)(H2,20,21,22). The maximum Gasteiger partial charge on any atom is 0.247 e. The first-order chi connectivity index (χ1) is 12.5. The van der Waals surface area contributed by atoms with E-state index in [9.17, 15) is 8.42 Å². The van der Waals surface area contributed by atoms with Gasteiger partial charge in [-0.2, -0.15) is 0 Å². The summed E-state index contributed by atoms with van der Waals surface area (Å²) in [6.45, 7) is 0.583. The minimum absolute atomic E-state index is 0.137. The summed E-state index contributed by atoms with van der Waals surface area (Å²) >= 11 is 1.14. The lowest BCUT2D eigenvalue weighted by atomic mass is 10.1. The molecule has 4 heterocycles. The molecule has 7 nitrogen and oxygen atoms in total. The van der Waals surface area contributed by atoms with Crippen LogP contribution in [0.4, 0.5) is 5.82 Å². The molecule has 0 aliphatic carbocycles. The first-order valence-corrected chi connectivity index (χ1v) is 10.1. The smallest absolute Gasteiger partial charge is 0.247 e. The molecule has 0 fully saturated rings. The highest BCUT2D eigenvalue weighted by molar-refractivity contribution is 7.91. The number of fused-ring (bicyclic) bond motifs is 1. The molecule has 0 saturated heterocycles. The Bertz CT molecular complexity index is 1170. The predicted octanol–water partition coefficient (Wildman–Crippen LogP) is 2.95. The van der Waals surface area contributed by atoms with Crippen molar-refractivity contribution in [1.82, 2.24) is 15.0 Å². The summed E-state index contributed by atoms with van der Waals surface area (Å²) < 4.78 is 23.3. The molecule has 0 atom stereocenters. The molecule has 0 bridgehead atoms. The molecular formula is C17H15N5O2S2. The average Bonchev–Trinajstić information content (AvgIpc) is 3.29. The van der Waals surface area contributed by atoms with Crippen LogP contribution in [0, 0.1) is 0 Å². The van der Waals surface area contributed by atoms with Gasteiger partial charge in [0.1, 0.15) is 15.7 Å². The van der Waals surface area contributed by atoms with Crippen LogP contribution in [0.5, 0.6) is 0 Å². The van der Waals surface area contributed by atoms with Crippen LogP contribution in [-0.2, 0) is 16.6 Å². The van der Waals surface area contributed by atoms with Crippen molar-refractivity contribution in [3.63, 3.8) is 0 Å². The Balaban J connectivity index is 1.72. The normalized spacial score (nSPS) is 11.7. The number of nitrogens with one attached hydrogen (secondary N) is 2. The van der Waals surface area contributed by atoms with E-state index in [-0.39, 0.29) is 4.21 Å². The number of aromatic nitrogens is 3. The van der Waals surface area contributed by atoms with E-state index < -0.39 is 10.0 Å². The van der Waals surface area contributed by atoms with Gasteiger partial charge in [0.2, 0.25) is 10.0 Å². The van der Waals surface area contributed by atoms with Crippen LogP contribution in [0.25, 0.3) is 21.5 Å². The molecule has 132 valence electrons.